The molecule has 3 heteroatoms. The van der Waals surface area contributed by atoms with Crippen molar-refractivity contribution in [1.82, 2.24) is 0 Å². The van der Waals surface area contributed by atoms with E-state index >= 15 is 0 Å². The molecule has 0 amide bonds. The lowest BCUT2D eigenvalue weighted by molar-refractivity contribution is -0.141. The van der Waals surface area contributed by atoms with Crippen molar-refractivity contribution in [2.45, 2.75) is 39.0 Å². The first-order chi connectivity index (χ1) is 6.24. The molecule has 0 aromatic heterocycles. The van der Waals surface area contributed by atoms with Gasteiger partial charge in [0.15, 0.2) is 0 Å². The Hall–Kier alpha value is -0.570. The Kier molecular flexibility index (Phi) is 7.69. The summed E-state index contributed by atoms with van der Waals surface area (Å²) in [5, 5.41) is 8.99. The van der Waals surface area contributed by atoms with Crippen molar-refractivity contribution in [3.8, 4) is 0 Å². The van der Waals surface area contributed by atoms with Crippen molar-refractivity contribution < 1.29 is 14.6 Å². The van der Waals surface area contributed by atoms with E-state index in [-0.39, 0.29) is 18.5 Å². The maximum Gasteiger partial charge on any atom is 0.305 e. The van der Waals surface area contributed by atoms with Gasteiger partial charge in [-0.3, -0.25) is 4.79 Å². The number of carbonyl (C=O) groups is 1. The Bertz CT molecular complexity index is 134. The number of unbranched alkanes of at least 4 members (excludes halogenated alkanes) is 1. The fourth-order valence-electron chi connectivity index (χ4n) is 1.24. The second kappa shape index (κ2) is 8.05. The largest absolute Gasteiger partial charge is 0.469 e. The third-order valence-corrected chi connectivity index (χ3v) is 2.21. The zero-order chi connectivity index (χ0) is 10.1. The molecule has 0 aliphatic heterocycles. The van der Waals surface area contributed by atoms with Gasteiger partial charge >= 0.3 is 5.97 Å². The number of hydrogen-bond acceptors (Lipinski definition) is 3. The number of aliphatic hydroxyl groups excluding tert-OH is 1. The summed E-state index contributed by atoms with van der Waals surface area (Å²) in [7, 11) is 1.39. The van der Waals surface area contributed by atoms with E-state index < -0.39 is 0 Å². The molecule has 0 unspecified atom stereocenters. The Morgan fingerprint density at radius 2 is 2.15 bits per heavy atom. The van der Waals surface area contributed by atoms with Gasteiger partial charge in [0, 0.05) is 13.0 Å². The SMILES string of the molecule is CCCC[C@@H](CO)CCC(=O)OC. The van der Waals surface area contributed by atoms with Crippen LogP contribution in [0.5, 0.6) is 0 Å². The molecular weight excluding hydrogens is 168 g/mol. The Morgan fingerprint density at radius 1 is 1.46 bits per heavy atom. The number of aliphatic hydroxyl groups is 1. The molecular formula is C10H20O3. The summed E-state index contributed by atoms with van der Waals surface area (Å²) in [4.78, 5) is 10.8. The van der Waals surface area contributed by atoms with Crippen LogP contribution in [0.2, 0.25) is 0 Å². The molecule has 13 heavy (non-hydrogen) atoms. The highest BCUT2D eigenvalue weighted by atomic mass is 16.5. The van der Waals surface area contributed by atoms with E-state index in [9.17, 15) is 4.79 Å². The van der Waals surface area contributed by atoms with E-state index in [4.69, 9.17) is 5.11 Å². The van der Waals surface area contributed by atoms with Gasteiger partial charge in [-0.15, -0.1) is 0 Å². The smallest absolute Gasteiger partial charge is 0.305 e. The van der Waals surface area contributed by atoms with Crippen LogP contribution in [0.1, 0.15) is 39.0 Å². The molecule has 1 atom stereocenters. The Labute approximate surface area is 80.1 Å². The van der Waals surface area contributed by atoms with Gasteiger partial charge in [-0.1, -0.05) is 19.8 Å². The third-order valence-electron chi connectivity index (χ3n) is 2.21. The van der Waals surface area contributed by atoms with Crippen LogP contribution in [-0.4, -0.2) is 24.8 Å². The zero-order valence-electron chi connectivity index (χ0n) is 8.58. The molecule has 0 bridgehead atoms. The van der Waals surface area contributed by atoms with Gasteiger partial charge in [-0.05, 0) is 18.8 Å². The van der Waals surface area contributed by atoms with Crippen LogP contribution >= 0.6 is 0 Å². The first-order valence-electron chi connectivity index (χ1n) is 4.92. The number of esters is 1. The minimum atomic E-state index is -0.185. The van der Waals surface area contributed by atoms with Crippen molar-refractivity contribution in [1.29, 1.82) is 0 Å². The lowest BCUT2D eigenvalue weighted by Gasteiger charge is -2.11. The van der Waals surface area contributed by atoms with Crippen molar-refractivity contribution in [3.05, 3.63) is 0 Å². The number of hydrogen-bond donors (Lipinski definition) is 1. The van der Waals surface area contributed by atoms with Gasteiger partial charge in [0.25, 0.3) is 0 Å². The summed E-state index contributed by atoms with van der Waals surface area (Å²) >= 11 is 0. The molecule has 0 spiro atoms. The van der Waals surface area contributed by atoms with Crippen LogP contribution < -0.4 is 0 Å². The minimum Gasteiger partial charge on any atom is -0.469 e. The molecule has 0 aliphatic rings. The molecule has 0 aliphatic carbocycles. The van der Waals surface area contributed by atoms with Crippen LogP contribution in [-0.2, 0) is 9.53 Å². The van der Waals surface area contributed by atoms with Crippen LogP contribution in [0, 0.1) is 5.92 Å². The average Bonchev–Trinajstić information content (AvgIpc) is 2.17. The Balaban J connectivity index is 3.52. The maximum atomic E-state index is 10.8. The van der Waals surface area contributed by atoms with Crippen LogP contribution in [0.25, 0.3) is 0 Å². The van der Waals surface area contributed by atoms with Crippen molar-refractivity contribution in [2.24, 2.45) is 5.92 Å². The summed E-state index contributed by atoms with van der Waals surface area (Å²) in [6, 6.07) is 0. The van der Waals surface area contributed by atoms with E-state index in [1.807, 2.05) is 0 Å². The lowest BCUT2D eigenvalue weighted by atomic mass is 9.98. The normalized spacial score (nSPS) is 12.5. The zero-order valence-corrected chi connectivity index (χ0v) is 8.58. The standard InChI is InChI=1S/C10H20O3/c1-3-4-5-9(8-11)6-7-10(12)13-2/h9,11H,3-8H2,1-2H3/t9-/m1/s1. The van der Waals surface area contributed by atoms with Gasteiger partial charge in [0.05, 0.1) is 7.11 Å². The van der Waals surface area contributed by atoms with Gasteiger partial charge in [-0.2, -0.15) is 0 Å². The summed E-state index contributed by atoms with van der Waals surface area (Å²) in [5.41, 5.74) is 0. The molecule has 3 nitrogen and oxygen atoms in total. The molecule has 0 saturated carbocycles. The third kappa shape index (κ3) is 6.58. The van der Waals surface area contributed by atoms with Gasteiger partial charge < -0.3 is 9.84 Å². The first kappa shape index (κ1) is 12.4. The highest BCUT2D eigenvalue weighted by Crippen LogP contribution is 2.14. The number of methoxy groups -OCH3 is 1. The van der Waals surface area contributed by atoms with Crippen molar-refractivity contribution in [2.75, 3.05) is 13.7 Å². The lowest BCUT2D eigenvalue weighted by Crippen LogP contribution is -2.09. The molecule has 1 N–H and O–H groups in total. The van der Waals surface area contributed by atoms with E-state index in [0.29, 0.717) is 6.42 Å². The van der Waals surface area contributed by atoms with Gasteiger partial charge in [0.2, 0.25) is 0 Å². The predicted molar refractivity (Wildman–Crippen MR) is 51.4 cm³/mol. The van der Waals surface area contributed by atoms with E-state index in [1.54, 1.807) is 0 Å². The molecule has 0 aromatic carbocycles. The second-order valence-electron chi connectivity index (χ2n) is 3.31. The monoisotopic (exact) mass is 188 g/mol. The van der Waals surface area contributed by atoms with E-state index in [2.05, 4.69) is 11.7 Å². The molecule has 0 rings (SSSR count). The van der Waals surface area contributed by atoms with Crippen LogP contribution in [0.15, 0.2) is 0 Å². The highest BCUT2D eigenvalue weighted by molar-refractivity contribution is 5.69. The Morgan fingerprint density at radius 3 is 2.62 bits per heavy atom. The van der Waals surface area contributed by atoms with E-state index in [1.165, 1.54) is 7.11 Å². The van der Waals surface area contributed by atoms with Crippen molar-refractivity contribution in [3.63, 3.8) is 0 Å². The number of ether oxygens (including phenoxy) is 1. The van der Waals surface area contributed by atoms with Gasteiger partial charge in [-0.25, -0.2) is 0 Å². The second-order valence-corrected chi connectivity index (χ2v) is 3.31. The summed E-state index contributed by atoms with van der Waals surface area (Å²) in [6.07, 6.45) is 4.42. The molecule has 78 valence electrons. The molecule has 0 aromatic rings. The molecule has 0 fully saturated rings. The number of rotatable bonds is 7. The van der Waals surface area contributed by atoms with Crippen molar-refractivity contribution >= 4 is 5.97 Å². The molecule has 0 saturated heterocycles. The predicted octanol–water partition coefficient (Wildman–Crippen LogP) is 1.74. The quantitative estimate of drug-likeness (QED) is 0.619. The minimum absolute atomic E-state index is 0.178. The first-order valence-corrected chi connectivity index (χ1v) is 4.92. The number of carbonyl (C=O) groups excluding carboxylic acids is 1. The summed E-state index contributed by atoms with van der Waals surface area (Å²) < 4.78 is 4.53. The average molecular weight is 188 g/mol. The molecule has 0 radical (unpaired) electrons. The maximum absolute atomic E-state index is 10.8. The fraction of sp³-hybridized carbons (Fsp3) is 0.900. The summed E-state index contributed by atoms with van der Waals surface area (Å²) in [6.45, 7) is 2.30. The topological polar surface area (TPSA) is 46.5 Å². The van der Waals surface area contributed by atoms with Gasteiger partial charge in [0.1, 0.15) is 0 Å². The molecule has 0 heterocycles. The highest BCUT2D eigenvalue weighted by Gasteiger charge is 2.09. The van der Waals surface area contributed by atoms with Crippen LogP contribution in [0.3, 0.4) is 0 Å². The van der Waals surface area contributed by atoms with Crippen LogP contribution in [0.4, 0.5) is 0 Å². The summed E-state index contributed by atoms with van der Waals surface area (Å²) in [5.74, 6) is 0.0778. The fourth-order valence-corrected chi connectivity index (χ4v) is 1.24. The van der Waals surface area contributed by atoms with E-state index in [0.717, 1.165) is 25.7 Å².